The van der Waals surface area contributed by atoms with Crippen molar-refractivity contribution in [2.24, 2.45) is 11.8 Å². The number of nitrogens with one attached hydrogen (secondary N) is 1. The molecule has 34 heavy (non-hydrogen) atoms. The molecule has 7 heteroatoms. The van der Waals surface area contributed by atoms with E-state index < -0.39 is 0 Å². The van der Waals surface area contributed by atoms with Gasteiger partial charge in [-0.25, -0.2) is 0 Å². The molecule has 1 fully saturated rings. The number of likely N-dealkylation sites (tertiary alicyclic amines) is 1. The molecule has 0 aromatic heterocycles. The number of amides is 2. The third-order valence-electron chi connectivity index (χ3n) is 6.20. The molecule has 2 aromatic carbocycles. The molecule has 0 saturated carbocycles. The summed E-state index contributed by atoms with van der Waals surface area (Å²) >= 11 is 3.45. The number of halogens is 1. The second-order valence-electron chi connectivity index (χ2n) is 9.43. The summed E-state index contributed by atoms with van der Waals surface area (Å²) in [6.45, 7) is 8.40. The number of para-hydroxylation sites is 2. The third kappa shape index (κ3) is 6.27. The lowest BCUT2D eigenvalue weighted by molar-refractivity contribution is -0.123. The summed E-state index contributed by atoms with van der Waals surface area (Å²) in [6.07, 6.45) is 3.89. The number of nitrogens with zero attached hydrogens (tertiary/aromatic N) is 2. The van der Waals surface area contributed by atoms with Crippen LogP contribution in [0.4, 0.5) is 5.69 Å². The molecule has 2 aliphatic heterocycles. The average Bonchev–Trinajstić information content (AvgIpc) is 2.79. The standard InChI is InChI=1S/C27H32BrN3O3/c1-19-13-20(2)17-30(16-19)12-6-11-29-26(32)18-31-23-9-3-4-10-24(23)34-25(27(31)33)15-21-7-5-8-22(28)14-21/h3-5,7-10,14-15,19-20H,6,11-13,16-18H2,1-2H3,(H,29,32)/b25-15+/t19-,20+. The molecule has 2 heterocycles. The highest BCUT2D eigenvalue weighted by molar-refractivity contribution is 9.10. The third-order valence-corrected chi connectivity index (χ3v) is 6.69. The summed E-state index contributed by atoms with van der Waals surface area (Å²) in [7, 11) is 0. The van der Waals surface area contributed by atoms with Gasteiger partial charge in [-0.3, -0.25) is 14.5 Å². The van der Waals surface area contributed by atoms with Gasteiger partial charge in [0.1, 0.15) is 6.54 Å². The van der Waals surface area contributed by atoms with Crippen molar-refractivity contribution < 1.29 is 14.3 Å². The molecular weight excluding hydrogens is 494 g/mol. The summed E-state index contributed by atoms with van der Waals surface area (Å²) in [4.78, 5) is 30.0. The fourth-order valence-corrected chi connectivity index (χ4v) is 5.29. The maximum absolute atomic E-state index is 13.2. The second-order valence-corrected chi connectivity index (χ2v) is 10.3. The molecule has 0 spiro atoms. The Kier molecular flexibility index (Phi) is 8.06. The highest BCUT2D eigenvalue weighted by atomic mass is 79.9. The highest BCUT2D eigenvalue weighted by Crippen LogP contribution is 2.35. The Morgan fingerprint density at radius 3 is 2.68 bits per heavy atom. The quantitative estimate of drug-likeness (QED) is 0.420. The van der Waals surface area contributed by atoms with Crippen LogP contribution in [0.3, 0.4) is 0 Å². The van der Waals surface area contributed by atoms with Crippen molar-refractivity contribution in [2.45, 2.75) is 26.7 Å². The van der Waals surface area contributed by atoms with Crippen molar-refractivity contribution in [3.63, 3.8) is 0 Å². The first-order chi connectivity index (χ1) is 16.4. The van der Waals surface area contributed by atoms with Crippen LogP contribution in [0.2, 0.25) is 0 Å². The van der Waals surface area contributed by atoms with Crippen LogP contribution in [0.15, 0.2) is 58.8 Å². The van der Waals surface area contributed by atoms with E-state index in [1.807, 2.05) is 42.5 Å². The molecule has 6 nitrogen and oxygen atoms in total. The van der Waals surface area contributed by atoms with Crippen LogP contribution in [0, 0.1) is 11.8 Å². The number of fused-ring (bicyclic) bond motifs is 1. The van der Waals surface area contributed by atoms with Gasteiger partial charge in [0.2, 0.25) is 5.91 Å². The van der Waals surface area contributed by atoms with Crippen LogP contribution >= 0.6 is 15.9 Å². The zero-order valence-corrected chi connectivity index (χ0v) is 21.4. The van der Waals surface area contributed by atoms with E-state index in [0.29, 0.717) is 18.0 Å². The van der Waals surface area contributed by atoms with Crippen molar-refractivity contribution in [3.05, 3.63) is 64.3 Å². The highest BCUT2D eigenvalue weighted by Gasteiger charge is 2.31. The van der Waals surface area contributed by atoms with E-state index in [4.69, 9.17) is 4.74 Å². The second kappa shape index (κ2) is 11.2. The van der Waals surface area contributed by atoms with Crippen LogP contribution in [0.5, 0.6) is 5.75 Å². The molecular formula is C27H32BrN3O3. The van der Waals surface area contributed by atoms with Crippen molar-refractivity contribution >= 4 is 39.5 Å². The Labute approximate surface area is 210 Å². The van der Waals surface area contributed by atoms with E-state index in [1.165, 1.54) is 11.3 Å². The number of carbonyl (C=O) groups excluding carboxylic acids is 2. The Balaban J connectivity index is 1.38. The number of hydrogen-bond acceptors (Lipinski definition) is 4. The molecule has 0 bridgehead atoms. The van der Waals surface area contributed by atoms with Gasteiger partial charge in [0.05, 0.1) is 5.69 Å². The minimum atomic E-state index is -0.329. The summed E-state index contributed by atoms with van der Waals surface area (Å²) < 4.78 is 6.81. The summed E-state index contributed by atoms with van der Waals surface area (Å²) in [6, 6.07) is 14.9. The molecule has 180 valence electrons. The molecule has 2 atom stereocenters. The number of rotatable bonds is 7. The van der Waals surface area contributed by atoms with E-state index in [-0.39, 0.29) is 24.1 Å². The van der Waals surface area contributed by atoms with E-state index in [9.17, 15) is 9.59 Å². The monoisotopic (exact) mass is 525 g/mol. The first kappa shape index (κ1) is 24.5. The Hall–Kier alpha value is -2.64. The number of carbonyl (C=O) groups is 2. The van der Waals surface area contributed by atoms with Gasteiger partial charge >= 0.3 is 0 Å². The van der Waals surface area contributed by atoms with E-state index in [2.05, 4.69) is 40.0 Å². The maximum atomic E-state index is 13.2. The van der Waals surface area contributed by atoms with Gasteiger partial charge < -0.3 is 15.0 Å². The molecule has 1 N–H and O–H groups in total. The molecule has 2 aliphatic rings. The van der Waals surface area contributed by atoms with Crippen LogP contribution in [0.25, 0.3) is 6.08 Å². The summed E-state index contributed by atoms with van der Waals surface area (Å²) in [5, 5.41) is 2.99. The van der Waals surface area contributed by atoms with Crippen molar-refractivity contribution in [1.29, 1.82) is 0 Å². The van der Waals surface area contributed by atoms with Crippen molar-refractivity contribution in [1.82, 2.24) is 10.2 Å². The zero-order valence-electron chi connectivity index (χ0n) is 19.8. The van der Waals surface area contributed by atoms with Crippen molar-refractivity contribution in [3.8, 4) is 5.75 Å². The minimum Gasteiger partial charge on any atom is -0.449 e. The molecule has 1 saturated heterocycles. The molecule has 2 amide bonds. The van der Waals surface area contributed by atoms with E-state index >= 15 is 0 Å². The predicted octanol–water partition coefficient (Wildman–Crippen LogP) is 4.70. The van der Waals surface area contributed by atoms with Gasteiger partial charge in [0.15, 0.2) is 11.5 Å². The molecule has 0 aliphatic carbocycles. The number of benzene rings is 2. The largest absolute Gasteiger partial charge is 0.449 e. The summed E-state index contributed by atoms with van der Waals surface area (Å²) in [5.41, 5.74) is 1.44. The minimum absolute atomic E-state index is 0.0488. The number of piperidine rings is 1. The van der Waals surface area contributed by atoms with Gasteiger partial charge in [-0.05, 0) is 67.1 Å². The fraction of sp³-hybridized carbons (Fsp3) is 0.407. The Morgan fingerprint density at radius 1 is 1.15 bits per heavy atom. The lowest BCUT2D eigenvalue weighted by atomic mass is 9.92. The smallest absolute Gasteiger partial charge is 0.294 e. The van der Waals surface area contributed by atoms with Gasteiger partial charge in [0, 0.05) is 24.1 Å². The molecule has 2 aromatic rings. The lowest BCUT2D eigenvalue weighted by Gasteiger charge is -2.35. The topological polar surface area (TPSA) is 61.9 Å². The number of anilines is 1. The van der Waals surface area contributed by atoms with Crippen LogP contribution < -0.4 is 15.0 Å². The molecule has 0 unspecified atom stereocenters. The molecule has 4 rings (SSSR count). The van der Waals surface area contributed by atoms with Gasteiger partial charge in [-0.2, -0.15) is 0 Å². The zero-order chi connectivity index (χ0) is 24.1. The normalized spacial score (nSPS) is 21.8. The number of ether oxygens (including phenoxy) is 1. The van der Waals surface area contributed by atoms with E-state index in [1.54, 1.807) is 12.1 Å². The first-order valence-electron chi connectivity index (χ1n) is 11.9. The van der Waals surface area contributed by atoms with Crippen molar-refractivity contribution in [2.75, 3.05) is 37.6 Å². The average molecular weight is 526 g/mol. The van der Waals surface area contributed by atoms with Crippen LogP contribution in [0.1, 0.15) is 32.3 Å². The van der Waals surface area contributed by atoms with Crippen LogP contribution in [-0.4, -0.2) is 49.4 Å². The number of hydrogen-bond donors (Lipinski definition) is 1. The maximum Gasteiger partial charge on any atom is 0.294 e. The SMILES string of the molecule is C[C@@H]1C[C@H](C)CN(CCCNC(=O)CN2C(=O)/C(=C\c3cccc(Br)c3)Oc3ccccc32)C1. The fourth-order valence-electron chi connectivity index (χ4n) is 4.87. The molecule has 0 radical (unpaired) electrons. The Bertz CT molecular complexity index is 1060. The van der Waals surface area contributed by atoms with Gasteiger partial charge in [-0.15, -0.1) is 0 Å². The van der Waals surface area contributed by atoms with E-state index in [0.717, 1.165) is 47.9 Å². The first-order valence-corrected chi connectivity index (χ1v) is 12.7. The Morgan fingerprint density at radius 2 is 1.91 bits per heavy atom. The van der Waals surface area contributed by atoms with Gasteiger partial charge in [-0.1, -0.05) is 54.0 Å². The predicted molar refractivity (Wildman–Crippen MR) is 139 cm³/mol. The summed E-state index contributed by atoms with van der Waals surface area (Å²) in [5.74, 6) is 1.70. The lowest BCUT2D eigenvalue weighted by Crippen LogP contribution is -2.45. The van der Waals surface area contributed by atoms with Crippen LogP contribution in [-0.2, 0) is 9.59 Å². The van der Waals surface area contributed by atoms with Gasteiger partial charge in [0.25, 0.3) is 5.91 Å².